The van der Waals surface area contributed by atoms with Crippen LogP contribution in [0, 0.1) is 0 Å². The van der Waals surface area contributed by atoms with Gasteiger partial charge in [0.25, 0.3) is 0 Å². The third-order valence-electron chi connectivity index (χ3n) is 3.08. The van der Waals surface area contributed by atoms with Crippen LogP contribution < -0.4 is 15.5 Å². The number of carbonyl (C=O) groups is 1. The van der Waals surface area contributed by atoms with Crippen molar-refractivity contribution in [1.82, 2.24) is 5.48 Å². The largest absolute Gasteiger partial charge is 0.494 e. The maximum absolute atomic E-state index is 10.9. The van der Waals surface area contributed by atoms with Gasteiger partial charge in [-0.05, 0) is 54.8 Å². The first-order chi connectivity index (χ1) is 11.1. The van der Waals surface area contributed by atoms with E-state index in [1.54, 1.807) is 30.3 Å². The van der Waals surface area contributed by atoms with Crippen LogP contribution in [0.1, 0.15) is 12.0 Å². The van der Waals surface area contributed by atoms with Crippen molar-refractivity contribution < 1.29 is 14.7 Å². The molecule has 0 spiro atoms. The number of carbonyl (C=O) groups excluding carboxylic acids is 1. The second kappa shape index (κ2) is 8.62. The Hall–Kier alpha value is -1.95. The number of hydrogen-bond donors (Lipinski definition) is 3. The minimum atomic E-state index is -0.694. The summed E-state index contributed by atoms with van der Waals surface area (Å²) in [5.41, 5.74) is 3.16. The van der Waals surface area contributed by atoms with E-state index in [2.05, 4.69) is 5.32 Å². The summed E-state index contributed by atoms with van der Waals surface area (Å²) in [6.07, 6.45) is 1.68. The average molecular weight is 355 g/mol. The number of hydroxylamine groups is 1. The monoisotopic (exact) mass is 354 g/mol. The lowest BCUT2D eigenvalue weighted by Gasteiger charge is -2.08. The molecule has 2 rings (SSSR count). The van der Waals surface area contributed by atoms with Crippen LogP contribution in [0.4, 0.5) is 10.5 Å². The van der Waals surface area contributed by atoms with E-state index in [1.165, 1.54) is 5.48 Å². The van der Waals surface area contributed by atoms with E-state index < -0.39 is 6.03 Å². The SMILES string of the molecule is O=C(NO)Nc1ccc(OCCCc2ccc(Cl)c(Cl)c2)cc1. The van der Waals surface area contributed by atoms with Gasteiger partial charge >= 0.3 is 6.03 Å². The van der Waals surface area contributed by atoms with Crippen LogP contribution in [0.3, 0.4) is 0 Å². The van der Waals surface area contributed by atoms with Gasteiger partial charge < -0.3 is 10.1 Å². The van der Waals surface area contributed by atoms with Gasteiger partial charge in [0.2, 0.25) is 0 Å². The van der Waals surface area contributed by atoms with Crippen LogP contribution in [0.2, 0.25) is 10.0 Å². The minimum Gasteiger partial charge on any atom is -0.494 e. The van der Waals surface area contributed by atoms with Crippen molar-refractivity contribution in [2.24, 2.45) is 0 Å². The molecule has 2 amide bonds. The van der Waals surface area contributed by atoms with Crippen LogP contribution in [0.25, 0.3) is 0 Å². The second-order valence-corrected chi connectivity index (χ2v) is 5.61. The first-order valence-corrected chi connectivity index (χ1v) is 7.72. The Kier molecular flexibility index (Phi) is 6.52. The molecular weight excluding hydrogens is 339 g/mol. The molecule has 7 heteroatoms. The van der Waals surface area contributed by atoms with Crippen LogP contribution >= 0.6 is 23.2 Å². The summed E-state index contributed by atoms with van der Waals surface area (Å²) >= 11 is 11.8. The van der Waals surface area contributed by atoms with Gasteiger partial charge in [-0.3, -0.25) is 5.21 Å². The first kappa shape index (κ1) is 17.4. The number of benzene rings is 2. The van der Waals surface area contributed by atoms with Gasteiger partial charge in [0.15, 0.2) is 0 Å². The average Bonchev–Trinajstić information content (AvgIpc) is 2.56. The van der Waals surface area contributed by atoms with E-state index in [0.717, 1.165) is 18.4 Å². The highest BCUT2D eigenvalue weighted by Crippen LogP contribution is 2.23. The van der Waals surface area contributed by atoms with Crippen molar-refractivity contribution in [1.29, 1.82) is 0 Å². The Morgan fingerprint density at radius 2 is 1.83 bits per heavy atom. The molecular formula is C16H16Cl2N2O3. The summed E-state index contributed by atoms with van der Waals surface area (Å²) in [6, 6.07) is 11.7. The predicted octanol–water partition coefficient (Wildman–Crippen LogP) is 4.52. The number of aryl methyl sites for hydroxylation is 1. The van der Waals surface area contributed by atoms with Gasteiger partial charge in [-0.1, -0.05) is 29.3 Å². The Balaban J connectivity index is 1.75. The molecule has 0 saturated carbocycles. The number of nitrogens with one attached hydrogen (secondary N) is 2. The molecule has 2 aromatic carbocycles. The van der Waals surface area contributed by atoms with Crippen molar-refractivity contribution >= 4 is 34.9 Å². The van der Waals surface area contributed by atoms with E-state index in [-0.39, 0.29) is 0 Å². The molecule has 3 N–H and O–H groups in total. The Morgan fingerprint density at radius 1 is 1.09 bits per heavy atom. The summed E-state index contributed by atoms with van der Waals surface area (Å²) < 4.78 is 5.63. The smallest absolute Gasteiger partial charge is 0.342 e. The van der Waals surface area contributed by atoms with E-state index in [0.29, 0.717) is 28.1 Å². The van der Waals surface area contributed by atoms with Crippen molar-refractivity contribution in [3.05, 3.63) is 58.1 Å². The van der Waals surface area contributed by atoms with Crippen molar-refractivity contribution in [2.45, 2.75) is 12.8 Å². The summed E-state index contributed by atoms with van der Waals surface area (Å²) in [7, 11) is 0. The number of ether oxygens (including phenoxy) is 1. The lowest BCUT2D eigenvalue weighted by molar-refractivity contribution is 0.172. The first-order valence-electron chi connectivity index (χ1n) is 6.96. The maximum atomic E-state index is 10.9. The zero-order chi connectivity index (χ0) is 16.7. The van der Waals surface area contributed by atoms with E-state index in [9.17, 15) is 4.79 Å². The quantitative estimate of drug-likeness (QED) is 0.405. The van der Waals surface area contributed by atoms with Gasteiger partial charge in [-0.25, -0.2) is 10.3 Å². The lowest BCUT2D eigenvalue weighted by Crippen LogP contribution is -2.24. The highest BCUT2D eigenvalue weighted by atomic mass is 35.5. The Bertz CT molecular complexity index is 663. The number of rotatable bonds is 6. The number of amides is 2. The van der Waals surface area contributed by atoms with Crippen LogP contribution in [0.15, 0.2) is 42.5 Å². The zero-order valence-electron chi connectivity index (χ0n) is 12.2. The van der Waals surface area contributed by atoms with Crippen molar-refractivity contribution in [2.75, 3.05) is 11.9 Å². The summed E-state index contributed by atoms with van der Waals surface area (Å²) in [5.74, 6) is 0.703. The highest BCUT2D eigenvalue weighted by Gasteiger charge is 2.02. The molecule has 122 valence electrons. The molecule has 0 bridgehead atoms. The van der Waals surface area contributed by atoms with Gasteiger partial charge in [0.1, 0.15) is 5.75 Å². The fraction of sp³-hybridized carbons (Fsp3) is 0.188. The normalized spacial score (nSPS) is 10.2. The topological polar surface area (TPSA) is 70.6 Å². The molecule has 0 unspecified atom stereocenters. The number of halogens is 2. The molecule has 0 saturated heterocycles. The lowest BCUT2D eigenvalue weighted by atomic mass is 10.1. The van der Waals surface area contributed by atoms with E-state index >= 15 is 0 Å². The standard InChI is InChI=1S/C16H16Cl2N2O3/c17-14-8-3-11(10-15(14)18)2-1-9-23-13-6-4-12(5-7-13)19-16(21)20-22/h3-8,10,22H,1-2,9H2,(H2,19,20,21). The van der Waals surface area contributed by atoms with Crippen molar-refractivity contribution in [3.63, 3.8) is 0 Å². The van der Waals surface area contributed by atoms with Gasteiger partial charge in [-0.15, -0.1) is 0 Å². The number of anilines is 1. The fourth-order valence-corrected chi connectivity index (χ4v) is 2.28. The molecule has 0 fully saturated rings. The van der Waals surface area contributed by atoms with Gasteiger partial charge in [0.05, 0.1) is 16.7 Å². The third kappa shape index (κ3) is 5.63. The molecule has 0 radical (unpaired) electrons. The Labute approximate surface area is 144 Å². The number of hydrogen-bond acceptors (Lipinski definition) is 3. The molecule has 0 heterocycles. The summed E-state index contributed by atoms with van der Waals surface area (Å²) in [6.45, 7) is 0.560. The molecule has 5 nitrogen and oxygen atoms in total. The molecule has 0 aromatic heterocycles. The van der Waals surface area contributed by atoms with Crippen LogP contribution in [-0.2, 0) is 6.42 Å². The predicted molar refractivity (Wildman–Crippen MR) is 90.7 cm³/mol. The van der Waals surface area contributed by atoms with Crippen molar-refractivity contribution in [3.8, 4) is 5.75 Å². The Morgan fingerprint density at radius 3 is 2.48 bits per heavy atom. The minimum absolute atomic E-state index is 0.551. The van der Waals surface area contributed by atoms with E-state index in [1.807, 2.05) is 12.1 Å². The van der Waals surface area contributed by atoms with Gasteiger partial charge in [-0.2, -0.15) is 0 Å². The van der Waals surface area contributed by atoms with Gasteiger partial charge in [0, 0.05) is 5.69 Å². The molecule has 0 aliphatic carbocycles. The third-order valence-corrected chi connectivity index (χ3v) is 3.82. The summed E-state index contributed by atoms with van der Waals surface area (Å²) in [4.78, 5) is 10.9. The fourth-order valence-electron chi connectivity index (χ4n) is 1.95. The molecule has 23 heavy (non-hydrogen) atoms. The summed E-state index contributed by atoms with van der Waals surface area (Å²) in [5, 5.41) is 12.0. The number of urea groups is 1. The second-order valence-electron chi connectivity index (χ2n) is 4.79. The molecule has 0 aliphatic heterocycles. The highest BCUT2D eigenvalue weighted by molar-refractivity contribution is 6.42. The van der Waals surface area contributed by atoms with Crippen LogP contribution in [-0.4, -0.2) is 17.8 Å². The van der Waals surface area contributed by atoms with Crippen LogP contribution in [0.5, 0.6) is 5.75 Å². The molecule has 0 aliphatic rings. The zero-order valence-corrected chi connectivity index (χ0v) is 13.7. The maximum Gasteiger partial charge on any atom is 0.342 e. The molecule has 2 aromatic rings. The van der Waals surface area contributed by atoms with E-state index in [4.69, 9.17) is 33.1 Å². The molecule has 0 atom stereocenters.